The molecule has 0 saturated heterocycles. The lowest BCUT2D eigenvalue weighted by molar-refractivity contribution is 0.241. The smallest absolute Gasteiger partial charge is 0.165 e. The molecule has 0 aliphatic rings. The van der Waals surface area contributed by atoms with E-state index < -0.39 is 5.82 Å². The average Bonchev–Trinajstić information content (AvgIpc) is 2.49. The summed E-state index contributed by atoms with van der Waals surface area (Å²) in [5.41, 5.74) is 5.63. The first-order valence-corrected chi connectivity index (χ1v) is 6.61. The molecule has 4 nitrogen and oxygen atoms in total. The van der Waals surface area contributed by atoms with Gasteiger partial charge in [0.2, 0.25) is 0 Å². The number of ether oxygens (including phenoxy) is 2. The van der Waals surface area contributed by atoms with E-state index in [1.807, 2.05) is 30.3 Å². The number of nitrogens with one attached hydrogen (secondary N) is 1. The van der Waals surface area contributed by atoms with E-state index in [2.05, 4.69) is 0 Å². The highest BCUT2D eigenvalue weighted by Crippen LogP contribution is 2.18. The topological polar surface area (TPSA) is 68.3 Å². The van der Waals surface area contributed by atoms with Crippen LogP contribution in [0.5, 0.6) is 11.5 Å². The van der Waals surface area contributed by atoms with Crippen molar-refractivity contribution in [3.63, 3.8) is 0 Å². The first-order chi connectivity index (χ1) is 10.2. The van der Waals surface area contributed by atoms with E-state index in [1.54, 1.807) is 6.07 Å². The van der Waals surface area contributed by atoms with Gasteiger partial charge in [-0.15, -0.1) is 0 Å². The lowest BCUT2D eigenvalue weighted by atomic mass is 10.2. The van der Waals surface area contributed by atoms with Gasteiger partial charge in [-0.1, -0.05) is 18.2 Å². The first-order valence-electron chi connectivity index (χ1n) is 6.61. The minimum atomic E-state index is -0.522. The number of halogens is 1. The van der Waals surface area contributed by atoms with Crippen LogP contribution < -0.4 is 15.2 Å². The van der Waals surface area contributed by atoms with Gasteiger partial charge in [-0.3, -0.25) is 5.41 Å². The normalized spacial score (nSPS) is 10.1. The molecule has 0 radical (unpaired) electrons. The highest BCUT2D eigenvalue weighted by molar-refractivity contribution is 5.95. The zero-order chi connectivity index (χ0) is 15.1. The van der Waals surface area contributed by atoms with E-state index in [-0.39, 0.29) is 11.6 Å². The Hall–Kier alpha value is -2.56. The van der Waals surface area contributed by atoms with Gasteiger partial charge < -0.3 is 15.2 Å². The Labute approximate surface area is 122 Å². The molecule has 0 amide bonds. The predicted octanol–water partition coefficient (Wildman–Crippen LogP) is 2.96. The molecule has 3 N–H and O–H groups in total. The number of para-hydroxylation sites is 1. The molecule has 5 heteroatoms. The van der Waals surface area contributed by atoms with Gasteiger partial charge in [-0.25, -0.2) is 4.39 Å². The fraction of sp³-hybridized carbons (Fsp3) is 0.188. The van der Waals surface area contributed by atoms with Crippen LogP contribution in [0.15, 0.2) is 48.5 Å². The Morgan fingerprint density at radius 2 is 1.76 bits per heavy atom. The van der Waals surface area contributed by atoms with Gasteiger partial charge in [0.25, 0.3) is 0 Å². The molecule has 2 rings (SSSR count). The fourth-order valence-electron chi connectivity index (χ4n) is 1.73. The maximum atomic E-state index is 13.7. The van der Waals surface area contributed by atoms with Gasteiger partial charge in [0, 0.05) is 12.0 Å². The minimum absolute atomic E-state index is 0.153. The maximum absolute atomic E-state index is 13.7. The van der Waals surface area contributed by atoms with Crippen molar-refractivity contribution < 1.29 is 13.9 Å². The van der Waals surface area contributed by atoms with E-state index in [0.29, 0.717) is 25.2 Å². The molecule has 0 heterocycles. The Morgan fingerprint density at radius 3 is 2.43 bits per heavy atom. The monoisotopic (exact) mass is 288 g/mol. The summed E-state index contributed by atoms with van der Waals surface area (Å²) >= 11 is 0. The quantitative estimate of drug-likeness (QED) is 0.467. The predicted molar refractivity (Wildman–Crippen MR) is 79.5 cm³/mol. The van der Waals surface area contributed by atoms with Crippen LogP contribution in [0.2, 0.25) is 0 Å². The van der Waals surface area contributed by atoms with Crippen molar-refractivity contribution in [1.29, 1.82) is 5.41 Å². The lowest BCUT2D eigenvalue weighted by Gasteiger charge is -2.09. The third-order valence-electron chi connectivity index (χ3n) is 2.80. The second kappa shape index (κ2) is 7.28. The number of rotatable bonds is 7. The molecule has 0 atom stereocenters. The van der Waals surface area contributed by atoms with Crippen molar-refractivity contribution in [1.82, 2.24) is 0 Å². The summed E-state index contributed by atoms with van der Waals surface area (Å²) < 4.78 is 24.5. The summed E-state index contributed by atoms with van der Waals surface area (Å²) in [5, 5.41) is 7.23. The molecule has 2 aromatic carbocycles. The van der Waals surface area contributed by atoms with Crippen LogP contribution in [-0.2, 0) is 0 Å². The molecular formula is C16H17FN2O2. The van der Waals surface area contributed by atoms with E-state index in [1.165, 1.54) is 12.1 Å². The van der Waals surface area contributed by atoms with Crippen molar-refractivity contribution >= 4 is 5.84 Å². The first kappa shape index (κ1) is 14.8. The third-order valence-corrected chi connectivity index (χ3v) is 2.80. The van der Waals surface area contributed by atoms with Gasteiger partial charge in [-0.2, -0.15) is 0 Å². The van der Waals surface area contributed by atoms with Gasteiger partial charge in [-0.05, 0) is 30.3 Å². The van der Waals surface area contributed by atoms with Crippen LogP contribution in [0.4, 0.5) is 4.39 Å². The second-order valence-corrected chi connectivity index (χ2v) is 4.42. The Balaban J connectivity index is 1.75. The Morgan fingerprint density at radius 1 is 1.05 bits per heavy atom. The summed E-state index contributed by atoms with van der Waals surface area (Å²) in [4.78, 5) is 0. The standard InChI is InChI=1S/C16H17FN2O2/c17-14-11-12(16(18)19)7-8-15(14)21-10-4-9-20-13-5-2-1-3-6-13/h1-3,5-8,11H,4,9-10H2,(H3,18,19). The van der Waals surface area contributed by atoms with Crippen molar-refractivity contribution in [2.75, 3.05) is 13.2 Å². The maximum Gasteiger partial charge on any atom is 0.165 e. The average molecular weight is 288 g/mol. The molecule has 0 spiro atoms. The summed E-state index contributed by atoms with van der Waals surface area (Å²) in [7, 11) is 0. The highest BCUT2D eigenvalue weighted by atomic mass is 19.1. The molecule has 0 fully saturated rings. The van der Waals surface area contributed by atoms with Crippen molar-refractivity contribution in [2.45, 2.75) is 6.42 Å². The zero-order valence-electron chi connectivity index (χ0n) is 11.5. The van der Waals surface area contributed by atoms with Gasteiger partial charge >= 0.3 is 0 Å². The van der Waals surface area contributed by atoms with Crippen LogP contribution in [0.25, 0.3) is 0 Å². The number of nitrogen functional groups attached to an aromatic ring is 1. The van der Waals surface area contributed by atoms with Gasteiger partial charge in [0.1, 0.15) is 11.6 Å². The molecule has 0 aliphatic carbocycles. The number of nitrogens with two attached hydrogens (primary N) is 1. The van der Waals surface area contributed by atoms with E-state index >= 15 is 0 Å². The van der Waals surface area contributed by atoms with Gasteiger partial charge in [0.15, 0.2) is 11.6 Å². The van der Waals surface area contributed by atoms with Crippen molar-refractivity contribution in [2.24, 2.45) is 5.73 Å². The largest absolute Gasteiger partial charge is 0.493 e. The van der Waals surface area contributed by atoms with E-state index in [0.717, 1.165) is 5.75 Å². The highest BCUT2D eigenvalue weighted by Gasteiger charge is 2.06. The molecule has 21 heavy (non-hydrogen) atoms. The molecule has 110 valence electrons. The fourth-order valence-corrected chi connectivity index (χ4v) is 1.73. The van der Waals surface area contributed by atoms with Crippen molar-refractivity contribution in [3.8, 4) is 11.5 Å². The van der Waals surface area contributed by atoms with Crippen LogP contribution in [-0.4, -0.2) is 19.0 Å². The Bertz CT molecular complexity index is 602. The SMILES string of the molecule is N=C(N)c1ccc(OCCCOc2ccccc2)c(F)c1. The summed E-state index contributed by atoms with van der Waals surface area (Å²) in [6.45, 7) is 0.848. The number of benzene rings is 2. The van der Waals surface area contributed by atoms with E-state index in [9.17, 15) is 4.39 Å². The van der Waals surface area contributed by atoms with Crippen molar-refractivity contribution in [3.05, 3.63) is 59.9 Å². The molecule has 0 aliphatic heterocycles. The molecule has 0 unspecified atom stereocenters. The van der Waals surface area contributed by atoms with E-state index in [4.69, 9.17) is 20.6 Å². The summed E-state index contributed by atoms with van der Waals surface area (Å²) in [6, 6.07) is 13.7. The lowest BCUT2D eigenvalue weighted by Crippen LogP contribution is -2.11. The molecular weight excluding hydrogens is 271 g/mol. The number of hydrogen-bond donors (Lipinski definition) is 2. The van der Waals surface area contributed by atoms with Crippen LogP contribution in [0, 0.1) is 11.2 Å². The summed E-state index contributed by atoms with van der Waals surface area (Å²) in [6.07, 6.45) is 0.642. The minimum Gasteiger partial charge on any atom is -0.493 e. The number of amidine groups is 1. The molecule has 0 aromatic heterocycles. The zero-order valence-corrected chi connectivity index (χ0v) is 11.5. The molecule has 0 bridgehead atoms. The third kappa shape index (κ3) is 4.49. The second-order valence-electron chi connectivity index (χ2n) is 4.42. The van der Waals surface area contributed by atoms with Crippen LogP contribution >= 0.6 is 0 Å². The van der Waals surface area contributed by atoms with Crippen LogP contribution in [0.1, 0.15) is 12.0 Å². The number of hydrogen-bond acceptors (Lipinski definition) is 3. The summed E-state index contributed by atoms with van der Waals surface area (Å²) in [5.74, 6) is 0.262. The van der Waals surface area contributed by atoms with Gasteiger partial charge in [0.05, 0.1) is 13.2 Å². The Kier molecular flexibility index (Phi) is 5.15. The van der Waals surface area contributed by atoms with Crippen LogP contribution in [0.3, 0.4) is 0 Å². The molecule has 0 saturated carbocycles. The molecule has 2 aromatic rings.